The summed E-state index contributed by atoms with van der Waals surface area (Å²) in [5, 5.41) is 10.9. The van der Waals surface area contributed by atoms with Crippen LogP contribution in [0.15, 0.2) is 48.5 Å². The van der Waals surface area contributed by atoms with Crippen LogP contribution in [0.5, 0.6) is 0 Å². The average Bonchev–Trinajstić information content (AvgIpc) is 2.42. The van der Waals surface area contributed by atoms with Crippen molar-refractivity contribution >= 4 is 5.69 Å². The van der Waals surface area contributed by atoms with Crippen molar-refractivity contribution in [3.8, 4) is 11.1 Å². The second kappa shape index (κ2) is 6.55. The van der Waals surface area contributed by atoms with Crippen molar-refractivity contribution in [2.24, 2.45) is 0 Å². The lowest BCUT2D eigenvalue weighted by Gasteiger charge is -2.03. The van der Waals surface area contributed by atoms with Crippen molar-refractivity contribution in [2.45, 2.75) is 20.8 Å². The van der Waals surface area contributed by atoms with Gasteiger partial charge in [0.15, 0.2) is 0 Å². The zero-order valence-electron chi connectivity index (χ0n) is 10.9. The van der Waals surface area contributed by atoms with Crippen LogP contribution in [-0.2, 0) is 0 Å². The van der Waals surface area contributed by atoms with Gasteiger partial charge in [0.25, 0.3) is 5.69 Å². The first kappa shape index (κ1) is 13.9. The topological polar surface area (TPSA) is 43.1 Å². The third-order valence-electron chi connectivity index (χ3n) is 2.46. The molecule has 0 aliphatic heterocycles. The number of hydrogen-bond acceptors (Lipinski definition) is 2. The molecule has 2 aromatic carbocycles. The molecule has 0 saturated carbocycles. The Labute approximate surface area is 107 Å². The van der Waals surface area contributed by atoms with Crippen molar-refractivity contribution < 1.29 is 4.92 Å². The highest BCUT2D eigenvalue weighted by molar-refractivity contribution is 5.73. The Balaban J connectivity index is 0.000000771. The molecular weight excluding hydrogens is 226 g/mol. The van der Waals surface area contributed by atoms with E-state index >= 15 is 0 Å². The van der Waals surface area contributed by atoms with E-state index in [9.17, 15) is 10.1 Å². The molecule has 0 aliphatic carbocycles. The van der Waals surface area contributed by atoms with Crippen LogP contribution in [0.1, 0.15) is 19.4 Å². The maximum absolute atomic E-state index is 10.9. The third kappa shape index (κ3) is 3.17. The number of nitro groups is 1. The number of para-hydroxylation sites is 1. The fraction of sp³-hybridized carbons (Fsp3) is 0.200. The first-order valence-corrected chi connectivity index (χ1v) is 5.99. The molecule has 18 heavy (non-hydrogen) atoms. The Morgan fingerprint density at radius 2 is 1.50 bits per heavy atom. The zero-order chi connectivity index (χ0) is 13.5. The summed E-state index contributed by atoms with van der Waals surface area (Å²) in [6.45, 7) is 5.99. The number of nitro benzene ring substituents is 1. The number of aryl methyl sites for hydroxylation is 1. The normalized spacial score (nSPS) is 9.28. The summed E-state index contributed by atoms with van der Waals surface area (Å²) in [5.74, 6) is 0. The fourth-order valence-corrected chi connectivity index (χ4v) is 1.61. The van der Waals surface area contributed by atoms with Gasteiger partial charge in [-0.25, -0.2) is 0 Å². The highest BCUT2D eigenvalue weighted by Gasteiger charge is 2.13. The predicted octanol–water partition coefficient (Wildman–Crippen LogP) is 4.60. The van der Waals surface area contributed by atoms with Crippen molar-refractivity contribution in [3.63, 3.8) is 0 Å². The van der Waals surface area contributed by atoms with Crippen LogP contribution in [0.3, 0.4) is 0 Å². The molecule has 0 radical (unpaired) electrons. The smallest absolute Gasteiger partial charge is 0.258 e. The van der Waals surface area contributed by atoms with Crippen molar-refractivity contribution in [1.29, 1.82) is 0 Å². The molecule has 0 unspecified atom stereocenters. The number of rotatable bonds is 2. The van der Waals surface area contributed by atoms with Crippen LogP contribution < -0.4 is 0 Å². The molecule has 0 aromatic heterocycles. The summed E-state index contributed by atoms with van der Waals surface area (Å²) in [5.41, 5.74) is 2.82. The predicted molar refractivity (Wildman–Crippen MR) is 74.6 cm³/mol. The summed E-state index contributed by atoms with van der Waals surface area (Å²) in [6, 6.07) is 14.5. The van der Waals surface area contributed by atoms with Crippen LogP contribution in [0.4, 0.5) is 5.69 Å². The van der Waals surface area contributed by atoms with E-state index in [0.717, 1.165) is 11.1 Å². The molecule has 0 heterocycles. The molecule has 0 aliphatic rings. The molecule has 0 saturated heterocycles. The molecule has 3 nitrogen and oxygen atoms in total. The lowest BCUT2D eigenvalue weighted by atomic mass is 10.0. The molecule has 2 aromatic rings. The third-order valence-corrected chi connectivity index (χ3v) is 2.46. The largest absolute Gasteiger partial charge is 0.277 e. The molecule has 2 rings (SSSR count). The minimum absolute atomic E-state index is 0.145. The van der Waals surface area contributed by atoms with Crippen molar-refractivity contribution in [2.75, 3.05) is 0 Å². The van der Waals surface area contributed by atoms with Gasteiger partial charge in [-0.05, 0) is 18.6 Å². The van der Waals surface area contributed by atoms with Crippen molar-refractivity contribution in [1.82, 2.24) is 0 Å². The Kier molecular flexibility index (Phi) is 5.06. The minimum Gasteiger partial charge on any atom is -0.258 e. The Hall–Kier alpha value is -2.16. The van der Waals surface area contributed by atoms with E-state index in [0.29, 0.717) is 5.56 Å². The highest BCUT2D eigenvalue weighted by atomic mass is 16.6. The summed E-state index contributed by atoms with van der Waals surface area (Å²) < 4.78 is 0. The summed E-state index contributed by atoms with van der Waals surface area (Å²) in [6.07, 6.45) is 0. The second-order valence-corrected chi connectivity index (χ2v) is 3.64. The zero-order valence-corrected chi connectivity index (χ0v) is 10.9. The van der Waals surface area contributed by atoms with Crippen molar-refractivity contribution in [3.05, 3.63) is 64.2 Å². The maximum Gasteiger partial charge on any atom is 0.277 e. The van der Waals surface area contributed by atoms with Crippen LogP contribution in [0.2, 0.25) is 0 Å². The van der Waals surface area contributed by atoms with Crippen LogP contribution >= 0.6 is 0 Å². The van der Waals surface area contributed by atoms with Gasteiger partial charge in [0.1, 0.15) is 0 Å². The Morgan fingerprint density at radius 3 is 2.06 bits per heavy atom. The molecule has 0 N–H and O–H groups in total. The lowest BCUT2D eigenvalue weighted by Crippen LogP contribution is -1.91. The molecule has 0 amide bonds. The Morgan fingerprint density at radius 1 is 0.944 bits per heavy atom. The Bertz CT molecular complexity index is 518. The van der Waals surface area contributed by atoms with Gasteiger partial charge in [-0.15, -0.1) is 0 Å². The van der Waals surface area contributed by atoms with Crippen LogP contribution in [-0.4, -0.2) is 4.92 Å². The van der Waals surface area contributed by atoms with E-state index in [2.05, 4.69) is 0 Å². The number of nitrogens with zero attached hydrogens (tertiary/aromatic N) is 1. The summed E-state index contributed by atoms with van der Waals surface area (Å²) in [7, 11) is 0. The van der Waals surface area contributed by atoms with E-state index in [1.54, 1.807) is 12.1 Å². The van der Waals surface area contributed by atoms with Gasteiger partial charge >= 0.3 is 0 Å². The van der Waals surface area contributed by atoms with Gasteiger partial charge in [0.05, 0.1) is 10.5 Å². The summed E-state index contributed by atoms with van der Waals surface area (Å²) >= 11 is 0. The highest BCUT2D eigenvalue weighted by Crippen LogP contribution is 2.29. The standard InChI is InChI=1S/C13H11NO2.C2H6/c1-10-6-8-11(9-7-10)12-4-2-3-5-13(12)14(15)16;1-2/h2-9H,1H3;1-2H3. The van der Waals surface area contributed by atoms with Gasteiger partial charge in [0.2, 0.25) is 0 Å². The van der Waals surface area contributed by atoms with E-state index < -0.39 is 0 Å². The lowest BCUT2D eigenvalue weighted by molar-refractivity contribution is -0.384. The summed E-state index contributed by atoms with van der Waals surface area (Å²) in [4.78, 5) is 10.5. The average molecular weight is 243 g/mol. The first-order chi connectivity index (χ1) is 8.68. The molecular formula is C15H17NO2. The quantitative estimate of drug-likeness (QED) is 0.571. The van der Waals surface area contributed by atoms with E-state index in [1.165, 1.54) is 6.07 Å². The van der Waals surface area contributed by atoms with Gasteiger partial charge in [0, 0.05) is 6.07 Å². The number of hydrogen-bond donors (Lipinski definition) is 0. The fourth-order valence-electron chi connectivity index (χ4n) is 1.61. The first-order valence-electron chi connectivity index (χ1n) is 5.99. The maximum atomic E-state index is 10.9. The van der Waals surface area contributed by atoms with Crippen LogP contribution in [0, 0.1) is 17.0 Å². The molecule has 0 bridgehead atoms. The number of benzene rings is 2. The molecule has 0 atom stereocenters. The van der Waals surface area contributed by atoms with E-state index in [4.69, 9.17) is 0 Å². The molecule has 94 valence electrons. The minimum atomic E-state index is -0.352. The SMILES string of the molecule is CC.Cc1ccc(-c2ccccc2[N+](=O)[O-])cc1. The van der Waals surface area contributed by atoms with E-state index in [1.807, 2.05) is 51.1 Å². The monoisotopic (exact) mass is 243 g/mol. The molecule has 3 heteroatoms. The second-order valence-electron chi connectivity index (χ2n) is 3.64. The molecule has 0 fully saturated rings. The van der Waals surface area contributed by atoms with Crippen LogP contribution in [0.25, 0.3) is 11.1 Å². The van der Waals surface area contributed by atoms with Gasteiger partial charge < -0.3 is 0 Å². The van der Waals surface area contributed by atoms with E-state index in [-0.39, 0.29) is 10.6 Å². The van der Waals surface area contributed by atoms with Gasteiger partial charge in [-0.1, -0.05) is 55.8 Å². The van der Waals surface area contributed by atoms with Gasteiger partial charge in [-0.2, -0.15) is 0 Å². The van der Waals surface area contributed by atoms with Gasteiger partial charge in [-0.3, -0.25) is 10.1 Å². The molecule has 0 spiro atoms.